The predicted molar refractivity (Wildman–Crippen MR) is 84.7 cm³/mol. The van der Waals surface area contributed by atoms with Gasteiger partial charge in [0.1, 0.15) is 0 Å². The van der Waals surface area contributed by atoms with Gasteiger partial charge in [-0.1, -0.05) is 0 Å². The van der Waals surface area contributed by atoms with Gasteiger partial charge in [-0.15, -0.1) is 0 Å². The third-order valence-electron chi connectivity index (χ3n) is 4.99. The van der Waals surface area contributed by atoms with Gasteiger partial charge in [-0.2, -0.15) is 0 Å². The Kier molecular flexibility index (Phi) is 4.62. The Morgan fingerprint density at radius 1 is 1.14 bits per heavy atom. The third-order valence-corrected chi connectivity index (χ3v) is 4.99. The number of carbonyl (C=O) groups is 2. The molecule has 5 nitrogen and oxygen atoms in total. The van der Waals surface area contributed by atoms with Crippen molar-refractivity contribution in [1.29, 1.82) is 0 Å². The van der Waals surface area contributed by atoms with E-state index in [4.69, 9.17) is 0 Å². The standard InChI is InChI=1S/C17H25N3O2/c1-18-8-4-5-15(18)16(21)17(22)20-11-6-14(7-12-20)13-19-9-2-3-10-19/h4-5,8,14H,2-3,6-7,9-13H2,1H3. The van der Waals surface area contributed by atoms with Crippen molar-refractivity contribution in [3.8, 4) is 0 Å². The van der Waals surface area contributed by atoms with E-state index in [0.29, 0.717) is 24.7 Å². The number of Topliss-reactive ketones (excluding diaryl/α,β-unsaturated/α-hetero) is 1. The lowest BCUT2D eigenvalue weighted by atomic mass is 9.96. The molecule has 2 fully saturated rings. The SMILES string of the molecule is Cn1cccc1C(=O)C(=O)N1CCC(CN2CCCC2)CC1. The van der Waals surface area contributed by atoms with Crippen molar-refractivity contribution in [1.82, 2.24) is 14.4 Å². The van der Waals surface area contributed by atoms with Crippen LogP contribution in [-0.4, -0.2) is 58.8 Å². The fourth-order valence-corrected chi connectivity index (χ4v) is 3.60. The number of aryl methyl sites for hydroxylation is 1. The summed E-state index contributed by atoms with van der Waals surface area (Å²) in [5, 5.41) is 0. The maximum Gasteiger partial charge on any atom is 0.296 e. The maximum absolute atomic E-state index is 12.4. The molecule has 0 bridgehead atoms. The van der Waals surface area contributed by atoms with E-state index in [1.807, 2.05) is 0 Å². The molecule has 0 atom stereocenters. The summed E-state index contributed by atoms with van der Waals surface area (Å²) < 4.78 is 1.71. The molecule has 0 aromatic carbocycles. The smallest absolute Gasteiger partial charge is 0.296 e. The largest absolute Gasteiger partial charge is 0.348 e. The Morgan fingerprint density at radius 3 is 2.41 bits per heavy atom. The normalized spacial score (nSPS) is 20.5. The highest BCUT2D eigenvalue weighted by Crippen LogP contribution is 2.21. The van der Waals surface area contributed by atoms with E-state index < -0.39 is 0 Å². The Morgan fingerprint density at radius 2 is 1.82 bits per heavy atom. The molecular formula is C17H25N3O2. The topological polar surface area (TPSA) is 45.6 Å². The van der Waals surface area contributed by atoms with E-state index in [9.17, 15) is 9.59 Å². The summed E-state index contributed by atoms with van der Waals surface area (Å²) in [4.78, 5) is 28.9. The molecule has 1 aromatic heterocycles. The molecule has 0 radical (unpaired) electrons. The molecule has 1 amide bonds. The summed E-state index contributed by atoms with van der Waals surface area (Å²) in [6.45, 7) is 5.05. The van der Waals surface area contributed by atoms with E-state index in [2.05, 4.69) is 4.90 Å². The van der Waals surface area contributed by atoms with Crippen molar-refractivity contribution in [3.05, 3.63) is 24.0 Å². The van der Waals surface area contributed by atoms with Crippen LogP contribution < -0.4 is 0 Å². The van der Waals surface area contributed by atoms with Gasteiger partial charge in [0, 0.05) is 32.9 Å². The van der Waals surface area contributed by atoms with E-state index in [0.717, 1.165) is 19.4 Å². The van der Waals surface area contributed by atoms with Crippen molar-refractivity contribution in [2.45, 2.75) is 25.7 Å². The number of piperidine rings is 1. The zero-order valence-corrected chi connectivity index (χ0v) is 13.3. The quantitative estimate of drug-likeness (QED) is 0.626. The average molecular weight is 303 g/mol. The van der Waals surface area contributed by atoms with Gasteiger partial charge in [-0.25, -0.2) is 0 Å². The zero-order chi connectivity index (χ0) is 15.5. The molecule has 2 saturated heterocycles. The minimum absolute atomic E-state index is 0.346. The fraction of sp³-hybridized carbons (Fsp3) is 0.647. The molecule has 5 heteroatoms. The van der Waals surface area contributed by atoms with Crippen LogP contribution in [0.25, 0.3) is 0 Å². The highest BCUT2D eigenvalue weighted by Gasteiger charge is 2.29. The number of hydrogen-bond acceptors (Lipinski definition) is 3. The van der Waals surface area contributed by atoms with Gasteiger partial charge in [0.25, 0.3) is 11.7 Å². The summed E-state index contributed by atoms with van der Waals surface area (Å²) in [5.74, 6) is -0.0563. The first-order valence-corrected chi connectivity index (χ1v) is 8.32. The van der Waals surface area contributed by atoms with Crippen LogP contribution in [0.3, 0.4) is 0 Å². The number of ketones is 1. The van der Waals surface area contributed by atoms with Crippen LogP contribution >= 0.6 is 0 Å². The van der Waals surface area contributed by atoms with E-state index in [1.165, 1.54) is 25.9 Å². The van der Waals surface area contributed by atoms with Gasteiger partial charge in [-0.05, 0) is 56.8 Å². The van der Waals surface area contributed by atoms with Crippen molar-refractivity contribution >= 4 is 11.7 Å². The Labute approximate surface area is 131 Å². The van der Waals surface area contributed by atoms with Gasteiger partial charge in [-0.3, -0.25) is 9.59 Å². The van der Waals surface area contributed by atoms with Crippen LogP contribution in [0.4, 0.5) is 0 Å². The minimum Gasteiger partial charge on any atom is -0.348 e. The number of rotatable bonds is 4. The second-order valence-corrected chi connectivity index (χ2v) is 6.58. The molecular weight excluding hydrogens is 278 g/mol. The number of amides is 1. The molecule has 3 rings (SSSR count). The summed E-state index contributed by atoms with van der Waals surface area (Å²) in [6.07, 6.45) is 6.47. The Hall–Kier alpha value is -1.62. The van der Waals surface area contributed by atoms with Crippen LogP contribution in [-0.2, 0) is 11.8 Å². The Bertz CT molecular complexity index is 538. The van der Waals surface area contributed by atoms with Gasteiger partial charge < -0.3 is 14.4 Å². The molecule has 1 aromatic rings. The van der Waals surface area contributed by atoms with Crippen molar-refractivity contribution in [2.75, 3.05) is 32.7 Å². The van der Waals surface area contributed by atoms with Crippen molar-refractivity contribution in [2.24, 2.45) is 13.0 Å². The molecule has 120 valence electrons. The second kappa shape index (κ2) is 6.65. The number of likely N-dealkylation sites (tertiary alicyclic amines) is 2. The molecule has 0 saturated carbocycles. The van der Waals surface area contributed by atoms with Gasteiger partial charge in [0.05, 0.1) is 5.69 Å². The van der Waals surface area contributed by atoms with Crippen molar-refractivity contribution < 1.29 is 9.59 Å². The number of aromatic nitrogens is 1. The summed E-state index contributed by atoms with van der Waals surface area (Å²) in [5.41, 5.74) is 0.476. The highest BCUT2D eigenvalue weighted by atomic mass is 16.2. The van der Waals surface area contributed by atoms with Gasteiger partial charge in [0.2, 0.25) is 0 Å². The molecule has 0 N–H and O–H groups in total. The Balaban J connectivity index is 1.51. The third kappa shape index (κ3) is 3.24. The van der Waals surface area contributed by atoms with Crippen molar-refractivity contribution in [3.63, 3.8) is 0 Å². The number of hydrogen-bond donors (Lipinski definition) is 0. The lowest BCUT2D eigenvalue weighted by Gasteiger charge is -2.33. The van der Waals surface area contributed by atoms with Crippen LogP contribution in [0.15, 0.2) is 18.3 Å². The van der Waals surface area contributed by atoms with Crippen LogP contribution in [0.2, 0.25) is 0 Å². The van der Waals surface area contributed by atoms with Crippen LogP contribution in [0.1, 0.15) is 36.2 Å². The first-order chi connectivity index (χ1) is 10.6. The first kappa shape index (κ1) is 15.3. The summed E-state index contributed by atoms with van der Waals surface area (Å²) in [6, 6.07) is 3.50. The minimum atomic E-state index is -0.384. The second-order valence-electron chi connectivity index (χ2n) is 6.58. The predicted octanol–water partition coefficient (Wildman–Crippen LogP) is 1.54. The molecule has 22 heavy (non-hydrogen) atoms. The zero-order valence-electron chi connectivity index (χ0n) is 13.3. The molecule has 3 heterocycles. The van der Waals surface area contributed by atoms with Crippen LogP contribution in [0, 0.1) is 5.92 Å². The van der Waals surface area contributed by atoms with E-state index in [1.54, 1.807) is 34.8 Å². The highest BCUT2D eigenvalue weighted by molar-refractivity contribution is 6.42. The summed E-state index contributed by atoms with van der Waals surface area (Å²) >= 11 is 0. The first-order valence-electron chi connectivity index (χ1n) is 8.32. The van der Waals surface area contributed by atoms with E-state index in [-0.39, 0.29) is 11.7 Å². The monoisotopic (exact) mass is 303 g/mol. The molecule has 0 spiro atoms. The van der Waals surface area contributed by atoms with Gasteiger partial charge in [0.15, 0.2) is 0 Å². The molecule has 2 aliphatic heterocycles. The van der Waals surface area contributed by atoms with Gasteiger partial charge >= 0.3 is 0 Å². The lowest BCUT2D eigenvalue weighted by Crippen LogP contribution is -2.44. The number of nitrogens with zero attached hydrogens (tertiary/aromatic N) is 3. The van der Waals surface area contributed by atoms with E-state index >= 15 is 0 Å². The fourth-order valence-electron chi connectivity index (χ4n) is 3.60. The molecule has 0 aliphatic carbocycles. The lowest BCUT2D eigenvalue weighted by molar-refractivity contribution is -0.127. The van der Waals surface area contributed by atoms with Crippen LogP contribution in [0.5, 0.6) is 0 Å². The summed E-state index contributed by atoms with van der Waals surface area (Å²) in [7, 11) is 1.79. The molecule has 0 unspecified atom stereocenters. The molecule has 2 aliphatic rings. The maximum atomic E-state index is 12.4. The average Bonchev–Trinajstić information content (AvgIpc) is 3.18. The number of carbonyl (C=O) groups excluding carboxylic acids is 2.